The normalized spacial score (nSPS) is 18.0. The fourth-order valence-corrected chi connectivity index (χ4v) is 4.50. The lowest BCUT2D eigenvalue weighted by molar-refractivity contribution is -0.116. The molecule has 6 nitrogen and oxygen atoms in total. The predicted molar refractivity (Wildman–Crippen MR) is 127 cm³/mol. The van der Waals surface area contributed by atoms with Crippen LogP contribution in [0.1, 0.15) is 41.1 Å². The van der Waals surface area contributed by atoms with Crippen molar-refractivity contribution in [2.45, 2.75) is 32.4 Å². The van der Waals surface area contributed by atoms with Crippen LogP contribution in [0.5, 0.6) is 0 Å². The number of hydrogen-bond donors (Lipinski definition) is 2. The second-order valence-electron chi connectivity index (χ2n) is 7.98. The molecule has 32 heavy (non-hydrogen) atoms. The molecule has 1 saturated heterocycles. The highest BCUT2D eigenvalue weighted by Crippen LogP contribution is 2.40. The van der Waals surface area contributed by atoms with Gasteiger partial charge >= 0.3 is 0 Å². The molecule has 1 aromatic carbocycles. The molecule has 1 fully saturated rings. The Kier molecular flexibility index (Phi) is 6.23. The molecule has 0 spiro atoms. The number of nitrogens with one attached hydrogen (secondary N) is 2. The van der Waals surface area contributed by atoms with E-state index < -0.39 is 5.82 Å². The summed E-state index contributed by atoms with van der Waals surface area (Å²) in [7, 11) is 2.04. The van der Waals surface area contributed by atoms with Crippen molar-refractivity contribution < 1.29 is 9.18 Å². The van der Waals surface area contributed by atoms with Crippen LogP contribution < -0.4 is 10.6 Å². The molecule has 3 heterocycles. The van der Waals surface area contributed by atoms with Gasteiger partial charge in [0, 0.05) is 37.6 Å². The monoisotopic (exact) mass is 451 g/mol. The third-order valence-electron chi connectivity index (χ3n) is 6.06. The highest BCUT2D eigenvalue weighted by atomic mass is 32.1. The van der Waals surface area contributed by atoms with Crippen molar-refractivity contribution in [1.82, 2.24) is 19.8 Å². The summed E-state index contributed by atoms with van der Waals surface area (Å²) >= 11 is 5.67. The Morgan fingerprint density at radius 2 is 1.97 bits per heavy atom. The zero-order valence-corrected chi connectivity index (χ0v) is 19.1. The largest absolute Gasteiger partial charge is 0.352 e. The Morgan fingerprint density at radius 1 is 1.22 bits per heavy atom. The van der Waals surface area contributed by atoms with Crippen LogP contribution in [-0.4, -0.2) is 32.0 Å². The third kappa shape index (κ3) is 4.23. The first kappa shape index (κ1) is 22.0. The van der Waals surface area contributed by atoms with E-state index in [1.807, 2.05) is 30.1 Å². The molecule has 0 radical (unpaired) electrons. The van der Waals surface area contributed by atoms with Crippen molar-refractivity contribution in [2.24, 2.45) is 7.05 Å². The summed E-state index contributed by atoms with van der Waals surface area (Å²) in [5.41, 5.74) is 4.49. The number of nitrogens with zero attached hydrogens (tertiary/aromatic N) is 3. The van der Waals surface area contributed by atoms with E-state index in [0.717, 1.165) is 22.6 Å². The van der Waals surface area contributed by atoms with Gasteiger partial charge in [0.05, 0.1) is 23.5 Å². The lowest BCUT2D eigenvalue weighted by atomic mass is 9.96. The number of aromatic nitrogens is 2. The quantitative estimate of drug-likeness (QED) is 0.551. The SMILES string of the molecule is Cc1cc([C@H]2[C@@H](c3ccccn3)NC(=S)N2CCC(=O)Nc2ccccc2F)c(C)n1C. The van der Waals surface area contributed by atoms with Gasteiger partial charge in [-0.15, -0.1) is 0 Å². The van der Waals surface area contributed by atoms with Crippen molar-refractivity contribution >= 4 is 28.9 Å². The topological polar surface area (TPSA) is 62.2 Å². The third-order valence-corrected chi connectivity index (χ3v) is 6.41. The van der Waals surface area contributed by atoms with Gasteiger partial charge in [-0.05, 0) is 62.0 Å². The maximum absolute atomic E-state index is 13.9. The van der Waals surface area contributed by atoms with Crippen LogP contribution in [0, 0.1) is 19.7 Å². The molecule has 0 bridgehead atoms. The molecular formula is C24H26FN5OS. The highest BCUT2D eigenvalue weighted by Gasteiger charge is 2.41. The lowest BCUT2D eigenvalue weighted by Crippen LogP contribution is -2.33. The van der Waals surface area contributed by atoms with Crippen LogP contribution in [0.4, 0.5) is 10.1 Å². The van der Waals surface area contributed by atoms with Crippen LogP contribution >= 0.6 is 12.2 Å². The number of amides is 1. The Morgan fingerprint density at radius 3 is 2.62 bits per heavy atom. The minimum Gasteiger partial charge on any atom is -0.352 e. The number of hydrogen-bond acceptors (Lipinski definition) is 3. The van der Waals surface area contributed by atoms with Crippen molar-refractivity contribution in [2.75, 3.05) is 11.9 Å². The number of benzene rings is 1. The van der Waals surface area contributed by atoms with Gasteiger partial charge in [0.1, 0.15) is 5.82 Å². The summed E-state index contributed by atoms with van der Waals surface area (Å²) in [6.07, 6.45) is 1.94. The van der Waals surface area contributed by atoms with Crippen molar-refractivity contribution in [3.8, 4) is 0 Å². The first-order chi connectivity index (χ1) is 15.4. The number of carbonyl (C=O) groups is 1. The minimum atomic E-state index is -0.456. The molecule has 2 atom stereocenters. The average molecular weight is 452 g/mol. The van der Waals surface area contributed by atoms with E-state index in [9.17, 15) is 9.18 Å². The fraction of sp³-hybridized carbons (Fsp3) is 0.292. The summed E-state index contributed by atoms with van der Waals surface area (Å²) in [5.74, 6) is -0.721. The van der Waals surface area contributed by atoms with Gasteiger partial charge in [0.25, 0.3) is 0 Å². The zero-order valence-electron chi connectivity index (χ0n) is 18.3. The van der Waals surface area contributed by atoms with Gasteiger partial charge in [0.15, 0.2) is 5.11 Å². The second kappa shape index (κ2) is 9.08. The summed E-state index contributed by atoms with van der Waals surface area (Å²) in [6.45, 7) is 4.55. The minimum absolute atomic E-state index is 0.112. The Labute approximate surface area is 192 Å². The summed E-state index contributed by atoms with van der Waals surface area (Å²) in [6, 6.07) is 13.9. The lowest BCUT2D eigenvalue weighted by Gasteiger charge is -2.28. The zero-order chi connectivity index (χ0) is 22.8. The molecule has 0 unspecified atom stereocenters. The van der Waals surface area contributed by atoms with E-state index in [0.29, 0.717) is 11.7 Å². The standard InChI is InChI=1S/C24H26FN5OS/c1-15-14-17(16(2)29(15)3)23-22(20-10-6-7-12-26-20)28-24(32)30(23)13-11-21(31)27-19-9-5-4-8-18(19)25/h4-10,12,14,22-23H,11,13H2,1-3H3,(H,27,31)(H,28,32)/t22-,23+/m1/s1. The van der Waals surface area contributed by atoms with E-state index in [2.05, 4.69) is 40.1 Å². The maximum Gasteiger partial charge on any atom is 0.226 e. The molecule has 3 aromatic rings. The van der Waals surface area contributed by atoms with Crippen molar-refractivity contribution in [3.05, 3.63) is 83.2 Å². The first-order valence-electron chi connectivity index (χ1n) is 10.5. The molecule has 1 aliphatic rings. The summed E-state index contributed by atoms with van der Waals surface area (Å²) < 4.78 is 16.0. The first-order valence-corrected chi connectivity index (χ1v) is 10.9. The highest BCUT2D eigenvalue weighted by molar-refractivity contribution is 7.80. The summed E-state index contributed by atoms with van der Waals surface area (Å²) in [4.78, 5) is 19.2. The van der Waals surface area contributed by atoms with Gasteiger partial charge < -0.3 is 20.1 Å². The molecular weight excluding hydrogens is 425 g/mol. The molecule has 1 amide bonds. The Hall–Kier alpha value is -3.26. The van der Waals surface area contributed by atoms with Crippen LogP contribution in [0.15, 0.2) is 54.7 Å². The van der Waals surface area contributed by atoms with Crippen molar-refractivity contribution in [1.29, 1.82) is 0 Å². The second-order valence-corrected chi connectivity index (χ2v) is 8.37. The molecule has 1 aliphatic heterocycles. The number of anilines is 1. The van der Waals surface area contributed by atoms with E-state index >= 15 is 0 Å². The number of rotatable bonds is 6. The van der Waals surface area contributed by atoms with Gasteiger partial charge in [-0.1, -0.05) is 18.2 Å². The Bertz CT molecular complexity index is 1150. The number of pyridine rings is 1. The maximum atomic E-state index is 13.9. The molecule has 8 heteroatoms. The van der Waals surface area contributed by atoms with E-state index in [1.54, 1.807) is 24.4 Å². The molecule has 0 saturated carbocycles. The molecule has 166 valence electrons. The number of para-hydroxylation sites is 1. The molecule has 0 aliphatic carbocycles. The molecule has 2 N–H and O–H groups in total. The fourth-order valence-electron chi connectivity index (χ4n) is 4.17. The number of aryl methyl sites for hydroxylation is 1. The van der Waals surface area contributed by atoms with Gasteiger partial charge in [0.2, 0.25) is 5.91 Å². The van der Waals surface area contributed by atoms with Gasteiger partial charge in [-0.25, -0.2) is 4.39 Å². The smallest absolute Gasteiger partial charge is 0.226 e. The van der Waals surface area contributed by atoms with E-state index in [-0.39, 0.29) is 30.1 Å². The van der Waals surface area contributed by atoms with Crippen LogP contribution in [-0.2, 0) is 11.8 Å². The van der Waals surface area contributed by atoms with Crippen LogP contribution in [0.25, 0.3) is 0 Å². The number of thiocarbonyl (C=S) groups is 1. The molecule has 4 rings (SSSR count). The predicted octanol–water partition coefficient (Wildman–Crippen LogP) is 4.18. The Balaban J connectivity index is 1.59. The molecule has 2 aromatic heterocycles. The van der Waals surface area contributed by atoms with Gasteiger partial charge in [-0.2, -0.15) is 0 Å². The summed E-state index contributed by atoms with van der Waals surface area (Å²) in [5, 5.41) is 6.63. The van der Waals surface area contributed by atoms with E-state index in [1.165, 1.54) is 6.07 Å². The number of carbonyl (C=O) groups excluding carboxylic acids is 1. The number of halogens is 1. The van der Waals surface area contributed by atoms with Crippen LogP contribution in [0.2, 0.25) is 0 Å². The average Bonchev–Trinajstić information content (AvgIpc) is 3.25. The van der Waals surface area contributed by atoms with Gasteiger partial charge in [-0.3, -0.25) is 9.78 Å². The van der Waals surface area contributed by atoms with Crippen LogP contribution in [0.3, 0.4) is 0 Å². The van der Waals surface area contributed by atoms with Crippen molar-refractivity contribution in [3.63, 3.8) is 0 Å². The van der Waals surface area contributed by atoms with E-state index in [4.69, 9.17) is 12.2 Å².